The Balaban J connectivity index is 0.801. The molecule has 0 bridgehead atoms. The van der Waals surface area contributed by atoms with Crippen LogP contribution in [-0.4, -0.2) is 120 Å². The summed E-state index contributed by atoms with van der Waals surface area (Å²) in [6.07, 6.45) is 2.93. The molecule has 0 saturated carbocycles. The van der Waals surface area contributed by atoms with Gasteiger partial charge in [-0.3, -0.25) is 9.59 Å². The number of nitrogens with one attached hydrogen (secondary N) is 7. The fourth-order valence-electron chi connectivity index (χ4n) is 10.9. The van der Waals surface area contributed by atoms with E-state index in [0.717, 1.165) is 48.6 Å². The third kappa shape index (κ3) is 16.5. The highest BCUT2D eigenvalue weighted by molar-refractivity contribution is 6.32. The molecule has 1 fully saturated rings. The smallest absolute Gasteiger partial charge is 0.224 e. The van der Waals surface area contributed by atoms with E-state index in [1.54, 1.807) is 37.4 Å². The minimum Gasteiger partial charge on any atom is -0.492 e. The fraction of sp³-hybridized carbons (Fsp3) is 0.468. The van der Waals surface area contributed by atoms with Gasteiger partial charge >= 0.3 is 0 Å². The molecule has 7 N–H and O–H groups in total. The summed E-state index contributed by atoms with van der Waals surface area (Å²) < 4.78 is 45.0. The molecule has 442 valence electrons. The Morgan fingerprint density at radius 1 is 0.747 bits per heavy atom. The number of aromatic nitrogens is 1. The number of fused-ring (bicyclic) bond motifs is 2. The van der Waals surface area contributed by atoms with Crippen LogP contribution in [0.4, 0.5) is 38.5 Å². The average molecular weight is 1160 g/mol. The van der Waals surface area contributed by atoms with Crippen molar-refractivity contribution < 1.29 is 37.7 Å². The molecule has 0 aliphatic carbocycles. The van der Waals surface area contributed by atoms with Gasteiger partial charge in [0.2, 0.25) is 17.7 Å². The van der Waals surface area contributed by atoms with E-state index in [9.17, 15) is 20.1 Å². The molecule has 8 rings (SSSR count). The zero-order chi connectivity index (χ0) is 59.0. The summed E-state index contributed by atoms with van der Waals surface area (Å²) in [6.45, 7) is 11.1. The number of hydrogen-bond acceptors (Lipinski definition) is 17. The zero-order valence-electron chi connectivity index (χ0n) is 48.5. The quantitative estimate of drug-likeness (QED) is 0.0259. The number of halogens is 2. The highest BCUT2D eigenvalue weighted by Gasteiger charge is 2.34. The first-order valence-corrected chi connectivity index (χ1v) is 29.0. The van der Waals surface area contributed by atoms with Crippen molar-refractivity contribution in [3.8, 4) is 41.0 Å². The molecule has 1 aromatic heterocycles. The van der Waals surface area contributed by atoms with Crippen molar-refractivity contribution in [2.75, 3.05) is 119 Å². The van der Waals surface area contributed by atoms with Crippen LogP contribution in [0, 0.1) is 52.2 Å². The fourth-order valence-corrected chi connectivity index (χ4v) is 11.1. The molecule has 1 saturated heterocycles. The first-order valence-electron chi connectivity index (χ1n) is 28.6. The van der Waals surface area contributed by atoms with Gasteiger partial charge in [0.05, 0.1) is 78.5 Å². The van der Waals surface area contributed by atoms with E-state index in [2.05, 4.69) is 73.2 Å². The number of ether oxygens (including phenoxy) is 5. The molecule has 2 amide bonds. The normalized spacial score (nSPS) is 19.8. The third-order valence-electron chi connectivity index (χ3n) is 15.2. The number of hydrogen-bond donors (Lipinski definition) is 7. The molecule has 83 heavy (non-hydrogen) atoms. The largest absolute Gasteiger partial charge is 0.492 e. The topological polar surface area (TPSA) is 231 Å². The lowest BCUT2D eigenvalue weighted by Crippen LogP contribution is -2.49. The summed E-state index contributed by atoms with van der Waals surface area (Å²) >= 11 is 6.71. The molecular formula is C62H78ClFN12O7. The maximum atomic E-state index is 15.8. The predicted octanol–water partition coefficient (Wildman–Crippen LogP) is 10.3. The second-order valence-corrected chi connectivity index (χ2v) is 22.1. The molecule has 7 atom stereocenters. The standard InChI is InChI=1S/C62H78ClFN12O7/c1-8-80-56-29-50-46(27-51(56)73-58(77)14-11-21-75(4)5)62(41(31-66)34-69-50)72-43-18-20-55(48(64)25-43)83-37-53-38(3)23-39(32-67-53)35-76(6)22-12-15-59(78)74-52-26-45-49(28-57(52)81-9-2)68-33-40(30-65)61(45)71-42-17-19-54(47(63)24-42)82-36-44-13-10-16-60(70-44)79-7/h10,13,16-20,24-29,38-41,53,61-62,67-69,71-72H,8-9,11-12,14-15,21-23,32-37H2,1-7H3,(H,73,77)(H,74,78). The number of pyridine rings is 1. The molecule has 4 heterocycles. The lowest BCUT2D eigenvalue weighted by molar-refractivity contribution is -0.117. The molecular weight excluding hydrogens is 1080 g/mol. The summed E-state index contributed by atoms with van der Waals surface area (Å²) in [7, 11) is 7.57. The van der Waals surface area contributed by atoms with Crippen LogP contribution < -0.4 is 60.9 Å². The van der Waals surface area contributed by atoms with Gasteiger partial charge in [-0.05, 0) is 134 Å². The van der Waals surface area contributed by atoms with Gasteiger partial charge in [0, 0.05) is 96.7 Å². The van der Waals surface area contributed by atoms with Crippen molar-refractivity contribution in [3.05, 3.63) is 107 Å². The number of piperidine rings is 1. The molecule has 19 nitrogen and oxygen atoms in total. The van der Waals surface area contributed by atoms with E-state index >= 15 is 4.39 Å². The molecule has 7 unspecified atom stereocenters. The molecule has 4 aromatic carbocycles. The van der Waals surface area contributed by atoms with Gasteiger partial charge in [-0.25, -0.2) is 9.37 Å². The average Bonchev–Trinajstić information content (AvgIpc) is 3.29. The van der Waals surface area contributed by atoms with E-state index in [1.807, 2.05) is 75.3 Å². The van der Waals surface area contributed by atoms with Crippen LogP contribution in [0.3, 0.4) is 0 Å². The highest BCUT2D eigenvalue weighted by Crippen LogP contribution is 2.44. The molecule has 5 aromatic rings. The van der Waals surface area contributed by atoms with Gasteiger partial charge in [-0.15, -0.1) is 0 Å². The molecule has 3 aliphatic rings. The van der Waals surface area contributed by atoms with Gasteiger partial charge in [-0.1, -0.05) is 24.6 Å². The van der Waals surface area contributed by atoms with Crippen LogP contribution in [0.1, 0.15) is 81.8 Å². The lowest BCUT2D eigenvalue weighted by atomic mass is 9.86. The van der Waals surface area contributed by atoms with Crippen LogP contribution >= 0.6 is 11.6 Å². The SMILES string of the molecule is CCOc1cc2c(cc1NC(=O)CCCN(C)C)C(Nc1ccc(OCC3NCC(CN(C)CCCC(=O)Nc4cc5c(cc4OCC)NCC(C#N)C5Nc4ccc(OCc5cccc(OC)n5)c(Cl)c4)CC3C)c(F)c1)C(C#N)CN2. The lowest BCUT2D eigenvalue weighted by Gasteiger charge is -2.36. The maximum Gasteiger partial charge on any atom is 0.224 e. The van der Waals surface area contributed by atoms with E-state index in [0.29, 0.717) is 121 Å². The third-order valence-corrected chi connectivity index (χ3v) is 15.5. The van der Waals surface area contributed by atoms with Crippen LogP contribution in [0.2, 0.25) is 5.02 Å². The first kappa shape index (κ1) is 61.3. The maximum absolute atomic E-state index is 15.8. The van der Waals surface area contributed by atoms with Gasteiger partial charge in [0.25, 0.3) is 0 Å². The second kappa shape index (κ2) is 29.5. The number of nitriles is 2. The van der Waals surface area contributed by atoms with Gasteiger partial charge < -0.3 is 70.7 Å². The number of nitrogens with zero attached hydrogens (tertiary/aromatic N) is 5. The second-order valence-electron chi connectivity index (χ2n) is 21.7. The van der Waals surface area contributed by atoms with Crippen LogP contribution in [-0.2, 0) is 16.2 Å². The summed E-state index contributed by atoms with van der Waals surface area (Å²) in [6, 6.07) is 27.0. The number of rotatable bonds is 27. The van der Waals surface area contributed by atoms with E-state index in [1.165, 1.54) is 6.07 Å². The Labute approximate surface area is 491 Å². The van der Waals surface area contributed by atoms with E-state index in [-0.39, 0.29) is 42.7 Å². The number of anilines is 6. The Morgan fingerprint density at radius 2 is 1.34 bits per heavy atom. The summed E-state index contributed by atoms with van der Waals surface area (Å²) in [5, 5.41) is 44.3. The molecule has 21 heteroatoms. The molecule has 3 aliphatic heterocycles. The summed E-state index contributed by atoms with van der Waals surface area (Å²) in [5.41, 5.74) is 6.05. The van der Waals surface area contributed by atoms with E-state index < -0.39 is 29.7 Å². The number of carbonyl (C=O) groups excluding carboxylic acids is 2. The minimum atomic E-state index is -0.520. The van der Waals surface area contributed by atoms with Crippen molar-refractivity contribution in [2.45, 2.75) is 77.6 Å². The Hall–Kier alpha value is -7.75. The predicted molar refractivity (Wildman–Crippen MR) is 322 cm³/mol. The van der Waals surface area contributed by atoms with Gasteiger partial charge in [-0.2, -0.15) is 10.5 Å². The van der Waals surface area contributed by atoms with Gasteiger partial charge in [0.15, 0.2) is 11.6 Å². The Kier molecular flexibility index (Phi) is 21.8. The minimum absolute atomic E-state index is 0.0156. The monoisotopic (exact) mass is 1160 g/mol. The summed E-state index contributed by atoms with van der Waals surface area (Å²) in [4.78, 5) is 35.3. The van der Waals surface area contributed by atoms with Crippen molar-refractivity contribution >= 4 is 57.5 Å². The van der Waals surface area contributed by atoms with Crippen LogP contribution in [0.25, 0.3) is 0 Å². The van der Waals surface area contributed by atoms with Crippen LogP contribution in [0.5, 0.6) is 28.9 Å². The van der Waals surface area contributed by atoms with Crippen molar-refractivity contribution in [3.63, 3.8) is 0 Å². The van der Waals surface area contributed by atoms with Crippen LogP contribution in [0.15, 0.2) is 78.9 Å². The number of amides is 2. The van der Waals surface area contributed by atoms with Crippen molar-refractivity contribution in [1.29, 1.82) is 10.5 Å². The molecule has 0 spiro atoms. The number of methoxy groups -OCH3 is 1. The highest BCUT2D eigenvalue weighted by atomic mass is 35.5. The van der Waals surface area contributed by atoms with Crippen molar-refractivity contribution in [2.24, 2.45) is 23.7 Å². The Morgan fingerprint density at radius 3 is 1.88 bits per heavy atom. The van der Waals surface area contributed by atoms with Gasteiger partial charge in [0.1, 0.15) is 30.5 Å². The number of carbonyl (C=O) groups is 2. The Bertz CT molecular complexity index is 3120. The molecule has 0 radical (unpaired) electrons. The van der Waals surface area contributed by atoms with Crippen molar-refractivity contribution in [1.82, 2.24) is 20.1 Å². The summed E-state index contributed by atoms with van der Waals surface area (Å²) in [5.74, 6) is 1.06. The number of benzene rings is 4. The van der Waals surface area contributed by atoms with E-state index in [4.69, 9.17) is 35.3 Å². The first-order chi connectivity index (χ1) is 40.1. The zero-order valence-corrected chi connectivity index (χ0v) is 49.3.